The average molecular weight is 485 g/mol. The van der Waals surface area contributed by atoms with Gasteiger partial charge in [-0.2, -0.15) is 0 Å². The van der Waals surface area contributed by atoms with Crippen LogP contribution in [-0.4, -0.2) is 14.2 Å². The summed E-state index contributed by atoms with van der Waals surface area (Å²) in [6.07, 6.45) is 0. The molecule has 9 heteroatoms. The molecule has 3 aromatic carbocycles. The molecule has 168 valence electrons. The van der Waals surface area contributed by atoms with E-state index in [4.69, 9.17) is 5.73 Å². The number of anilines is 3. The van der Waals surface area contributed by atoms with E-state index in [0.29, 0.717) is 5.56 Å². The maximum absolute atomic E-state index is 13.7. The van der Waals surface area contributed by atoms with Crippen molar-refractivity contribution in [1.29, 1.82) is 0 Å². The largest absolute Gasteiger partial charge is 0.396 e. The van der Waals surface area contributed by atoms with Gasteiger partial charge in [-0.15, -0.1) is 11.3 Å². The molecule has 3 N–H and O–H groups in total. The topological polar surface area (TPSA) is 89.3 Å². The van der Waals surface area contributed by atoms with Crippen molar-refractivity contribution in [3.63, 3.8) is 0 Å². The molecule has 1 heterocycles. The van der Waals surface area contributed by atoms with Gasteiger partial charge in [-0.1, -0.05) is 48.0 Å². The highest BCUT2D eigenvalue weighted by Gasteiger charge is 2.31. The van der Waals surface area contributed by atoms with Gasteiger partial charge in [0.25, 0.3) is 0 Å². The molecular formula is C24H18F2N2O3S2. The quantitative estimate of drug-likeness (QED) is 0.342. The van der Waals surface area contributed by atoms with Crippen LogP contribution in [0.5, 0.6) is 0 Å². The lowest BCUT2D eigenvalue weighted by Gasteiger charge is -2.10. The molecule has 0 spiro atoms. The number of carbonyl (C=O) groups excluding carboxylic acids is 1. The van der Waals surface area contributed by atoms with Crippen LogP contribution in [0.4, 0.5) is 25.2 Å². The van der Waals surface area contributed by atoms with Gasteiger partial charge in [0.2, 0.25) is 15.6 Å². The molecular weight excluding hydrogens is 466 g/mol. The van der Waals surface area contributed by atoms with Crippen molar-refractivity contribution in [2.24, 2.45) is 0 Å². The van der Waals surface area contributed by atoms with Gasteiger partial charge in [0.05, 0.1) is 10.6 Å². The van der Waals surface area contributed by atoms with Gasteiger partial charge in [0.1, 0.15) is 14.8 Å². The van der Waals surface area contributed by atoms with Crippen molar-refractivity contribution in [2.75, 3.05) is 11.1 Å². The number of halogens is 2. The van der Waals surface area contributed by atoms with Crippen LogP contribution >= 0.6 is 11.3 Å². The Bertz CT molecular complexity index is 1450. The van der Waals surface area contributed by atoms with E-state index in [1.54, 1.807) is 42.5 Å². The Hall–Kier alpha value is -3.56. The van der Waals surface area contributed by atoms with E-state index in [1.165, 1.54) is 18.2 Å². The van der Waals surface area contributed by atoms with E-state index in [0.717, 1.165) is 29.0 Å². The molecule has 0 fully saturated rings. The van der Waals surface area contributed by atoms with E-state index in [-0.39, 0.29) is 31.0 Å². The van der Waals surface area contributed by atoms with Crippen molar-refractivity contribution in [1.82, 2.24) is 0 Å². The van der Waals surface area contributed by atoms with Crippen LogP contribution in [0.2, 0.25) is 0 Å². The summed E-state index contributed by atoms with van der Waals surface area (Å²) in [6.45, 7) is 1.82. The minimum Gasteiger partial charge on any atom is -0.396 e. The third-order valence-corrected chi connectivity index (χ3v) is 8.02. The van der Waals surface area contributed by atoms with E-state index >= 15 is 0 Å². The van der Waals surface area contributed by atoms with E-state index in [1.807, 2.05) is 6.92 Å². The SMILES string of the molecule is Cc1ccc(S(=O)(=O)c2c(Nc3ccc(F)c(F)c3)sc(C(=O)c3ccccc3)c2N)cc1. The summed E-state index contributed by atoms with van der Waals surface area (Å²) in [7, 11) is -4.15. The zero-order valence-corrected chi connectivity index (χ0v) is 18.9. The summed E-state index contributed by atoms with van der Waals surface area (Å²) in [4.78, 5) is 12.8. The molecule has 33 heavy (non-hydrogen) atoms. The fourth-order valence-electron chi connectivity index (χ4n) is 3.21. The van der Waals surface area contributed by atoms with Crippen LogP contribution in [0.1, 0.15) is 20.8 Å². The summed E-state index contributed by atoms with van der Waals surface area (Å²) < 4.78 is 54.1. The van der Waals surface area contributed by atoms with Crippen LogP contribution in [0, 0.1) is 18.6 Å². The minimum absolute atomic E-state index is 0.00959. The molecule has 0 aliphatic heterocycles. The minimum atomic E-state index is -4.15. The molecule has 0 amide bonds. The summed E-state index contributed by atoms with van der Waals surface area (Å²) in [5.41, 5.74) is 7.34. The first-order valence-corrected chi connectivity index (χ1v) is 12.0. The Labute approximate surface area is 193 Å². The summed E-state index contributed by atoms with van der Waals surface area (Å²) in [6, 6.07) is 17.6. The number of aryl methyl sites for hydroxylation is 1. The molecule has 0 atom stereocenters. The van der Waals surface area contributed by atoms with Crippen LogP contribution in [-0.2, 0) is 9.84 Å². The second-order valence-corrected chi connectivity index (χ2v) is 10.2. The van der Waals surface area contributed by atoms with Gasteiger partial charge in [-0.05, 0) is 31.2 Å². The molecule has 0 aliphatic carbocycles. The van der Waals surface area contributed by atoms with Gasteiger partial charge in [0, 0.05) is 17.3 Å². The number of sulfone groups is 1. The average Bonchev–Trinajstić information content (AvgIpc) is 3.13. The molecule has 0 saturated heterocycles. The zero-order chi connectivity index (χ0) is 23.8. The monoisotopic (exact) mass is 484 g/mol. The molecule has 4 rings (SSSR count). The third kappa shape index (κ3) is 4.37. The highest BCUT2D eigenvalue weighted by Crippen LogP contribution is 2.44. The summed E-state index contributed by atoms with van der Waals surface area (Å²) >= 11 is 0.838. The van der Waals surface area contributed by atoms with Crippen LogP contribution in [0.3, 0.4) is 0 Å². The van der Waals surface area contributed by atoms with Crippen molar-refractivity contribution in [3.8, 4) is 0 Å². The first-order chi connectivity index (χ1) is 15.7. The van der Waals surface area contributed by atoms with E-state index in [2.05, 4.69) is 5.32 Å². The lowest BCUT2D eigenvalue weighted by Crippen LogP contribution is -2.08. The van der Waals surface area contributed by atoms with Crippen LogP contribution in [0.25, 0.3) is 0 Å². The molecule has 0 unspecified atom stereocenters. The molecule has 1 aromatic heterocycles. The lowest BCUT2D eigenvalue weighted by atomic mass is 10.1. The van der Waals surface area contributed by atoms with Crippen molar-refractivity contribution < 1.29 is 22.0 Å². The number of ketones is 1. The fraction of sp³-hybridized carbons (Fsp3) is 0.0417. The number of rotatable bonds is 6. The number of thiophene rings is 1. The molecule has 5 nitrogen and oxygen atoms in total. The number of nitrogens with one attached hydrogen (secondary N) is 1. The van der Waals surface area contributed by atoms with Gasteiger partial charge < -0.3 is 11.1 Å². The first-order valence-electron chi connectivity index (χ1n) is 9.74. The zero-order valence-electron chi connectivity index (χ0n) is 17.3. The Morgan fingerprint density at radius 2 is 1.61 bits per heavy atom. The Balaban J connectivity index is 1.89. The highest BCUT2D eigenvalue weighted by atomic mass is 32.2. The maximum atomic E-state index is 13.7. The van der Waals surface area contributed by atoms with Crippen LogP contribution < -0.4 is 11.1 Å². The lowest BCUT2D eigenvalue weighted by molar-refractivity contribution is 0.104. The molecule has 0 bridgehead atoms. The smallest absolute Gasteiger partial charge is 0.211 e. The number of nitrogen functional groups attached to an aromatic ring is 1. The Morgan fingerprint density at radius 3 is 2.24 bits per heavy atom. The van der Waals surface area contributed by atoms with Crippen LogP contribution in [0.15, 0.2) is 82.6 Å². The second kappa shape index (κ2) is 8.76. The third-order valence-electron chi connectivity index (χ3n) is 4.92. The number of benzene rings is 3. The summed E-state index contributed by atoms with van der Waals surface area (Å²) in [5, 5.41) is 2.82. The van der Waals surface area contributed by atoms with E-state index < -0.39 is 27.3 Å². The molecule has 4 aromatic rings. The fourth-order valence-corrected chi connectivity index (χ4v) is 6.14. The predicted molar refractivity (Wildman–Crippen MR) is 125 cm³/mol. The highest BCUT2D eigenvalue weighted by molar-refractivity contribution is 7.92. The Morgan fingerprint density at radius 1 is 0.939 bits per heavy atom. The van der Waals surface area contributed by atoms with Crippen molar-refractivity contribution in [3.05, 3.63) is 100 Å². The molecule has 0 radical (unpaired) electrons. The van der Waals surface area contributed by atoms with E-state index in [9.17, 15) is 22.0 Å². The second-order valence-electron chi connectivity index (χ2n) is 7.27. The van der Waals surface area contributed by atoms with Crippen molar-refractivity contribution >= 4 is 43.3 Å². The molecule has 0 saturated carbocycles. The normalized spacial score (nSPS) is 11.4. The first kappa shape index (κ1) is 22.6. The number of nitrogens with two attached hydrogens (primary N) is 1. The number of carbonyl (C=O) groups is 1. The Kier molecular flexibility index (Phi) is 6.01. The molecule has 0 aliphatic rings. The maximum Gasteiger partial charge on any atom is 0.211 e. The van der Waals surface area contributed by atoms with Gasteiger partial charge in [0.15, 0.2) is 11.6 Å². The summed E-state index contributed by atoms with van der Waals surface area (Å²) in [5.74, 6) is -2.59. The van der Waals surface area contributed by atoms with Gasteiger partial charge >= 0.3 is 0 Å². The van der Waals surface area contributed by atoms with Gasteiger partial charge in [-0.3, -0.25) is 4.79 Å². The number of hydrogen-bond acceptors (Lipinski definition) is 6. The van der Waals surface area contributed by atoms with Gasteiger partial charge in [-0.25, -0.2) is 17.2 Å². The van der Waals surface area contributed by atoms with Crippen molar-refractivity contribution in [2.45, 2.75) is 16.7 Å². The number of hydrogen-bond donors (Lipinski definition) is 2. The predicted octanol–water partition coefficient (Wildman–Crippen LogP) is 5.72. The standard InChI is InChI=1S/C24H18F2N2O3S2/c1-14-7-10-17(11-8-14)33(30,31)23-20(27)22(21(29)15-5-3-2-4-6-15)32-24(23)28-16-9-12-18(25)19(26)13-16/h2-13,28H,27H2,1H3.